The Morgan fingerprint density at radius 3 is 2.10 bits per heavy atom. The first-order valence-electron chi connectivity index (χ1n) is 6.52. The van der Waals surface area contributed by atoms with Crippen molar-refractivity contribution in [1.29, 1.82) is 0 Å². The minimum atomic E-state index is -4.44. The fourth-order valence-corrected chi connectivity index (χ4v) is 2.30. The fourth-order valence-electron chi connectivity index (χ4n) is 2.30. The standard InChI is InChI=1S/C13H17F3N2O2/c14-13(15,16)12-6-3-9(7-17-12)18-8-1-4-10(19)11(20)5-2-8/h3,6-8,10-11,18-20H,1-2,4-5H2/t8?,10-,11+. The quantitative estimate of drug-likeness (QED) is 0.730. The van der Waals surface area contributed by atoms with Gasteiger partial charge in [0.05, 0.1) is 24.1 Å². The number of rotatable bonds is 2. The molecule has 1 heterocycles. The molecule has 7 heteroatoms. The summed E-state index contributed by atoms with van der Waals surface area (Å²) in [5.41, 5.74) is -0.413. The molecule has 2 rings (SSSR count). The lowest BCUT2D eigenvalue weighted by molar-refractivity contribution is -0.141. The Hall–Kier alpha value is -1.34. The zero-order chi connectivity index (χ0) is 14.8. The molecule has 0 amide bonds. The predicted octanol–water partition coefficient (Wildman–Crippen LogP) is 2.18. The van der Waals surface area contributed by atoms with Crippen LogP contribution >= 0.6 is 0 Å². The molecule has 0 radical (unpaired) electrons. The molecule has 3 N–H and O–H groups in total. The van der Waals surface area contributed by atoms with Crippen molar-refractivity contribution >= 4 is 5.69 Å². The van der Waals surface area contributed by atoms with Crippen LogP contribution in [0.3, 0.4) is 0 Å². The molecule has 1 saturated carbocycles. The number of aliphatic hydroxyl groups is 2. The van der Waals surface area contributed by atoms with Crippen LogP contribution in [0.15, 0.2) is 18.3 Å². The highest BCUT2D eigenvalue weighted by Crippen LogP contribution is 2.28. The van der Waals surface area contributed by atoms with Gasteiger partial charge in [-0.3, -0.25) is 0 Å². The molecular weight excluding hydrogens is 273 g/mol. The zero-order valence-corrected chi connectivity index (χ0v) is 10.8. The first-order valence-corrected chi connectivity index (χ1v) is 6.52. The van der Waals surface area contributed by atoms with Crippen LogP contribution in [0.2, 0.25) is 0 Å². The van der Waals surface area contributed by atoms with Gasteiger partial charge in [-0.25, -0.2) is 4.98 Å². The maximum atomic E-state index is 12.4. The number of anilines is 1. The molecular formula is C13H17F3N2O2. The Balaban J connectivity index is 1.96. The summed E-state index contributed by atoms with van der Waals surface area (Å²) in [5, 5.41) is 22.2. The van der Waals surface area contributed by atoms with Gasteiger partial charge in [-0.15, -0.1) is 0 Å². The molecule has 112 valence electrons. The number of aromatic nitrogens is 1. The molecule has 1 aromatic heterocycles. The van der Waals surface area contributed by atoms with Crippen molar-refractivity contribution < 1.29 is 23.4 Å². The summed E-state index contributed by atoms with van der Waals surface area (Å²) in [6.45, 7) is 0. The number of alkyl halides is 3. The van der Waals surface area contributed by atoms with Crippen molar-refractivity contribution in [3.8, 4) is 0 Å². The number of aliphatic hydroxyl groups excluding tert-OH is 2. The summed E-state index contributed by atoms with van der Waals surface area (Å²) < 4.78 is 37.1. The van der Waals surface area contributed by atoms with Crippen LogP contribution in [0.1, 0.15) is 31.4 Å². The van der Waals surface area contributed by atoms with Gasteiger partial charge in [0.1, 0.15) is 5.69 Å². The van der Waals surface area contributed by atoms with Gasteiger partial charge in [-0.1, -0.05) is 0 Å². The third-order valence-corrected chi connectivity index (χ3v) is 3.49. The number of hydrogen-bond donors (Lipinski definition) is 3. The molecule has 3 atom stereocenters. The van der Waals surface area contributed by atoms with Crippen LogP contribution in [0, 0.1) is 0 Å². The molecule has 0 bridgehead atoms. The van der Waals surface area contributed by atoms with Gasteiger partial charge in [0.15, 0.2) is 0 Å². The second kappa shape index (κ2) is 5.97. The number of nitrogens with one attached hydrogen (secondary N) is 1. The normalized spacial score (nSPS) is 27.9. The molecule has 1 aromatic rings. The van der Waals surface area contributed by atoms with E-state index in [1.807, 2.05) is 0 Å². The van der Waals surface area contributed by atoms with Gasteiger partial charge in [0.2, 0.25) is 0 Å². The third-order valence-electron chi connectivity index (χ3n) is 3.49. The highest BCUT2D eigenvalue weighted by molar-refractivity contribution is 5.42. The highest BCUT2D eigenvalue weighted by atomic mass is 19.4. The molecule has 1 unspecified atom stereocenters. The summed E-state index contributed by atoms with van der Waals surface area (Å²) in [5.74, 6) is 0. The van der Waals surface area contributed by atoms with Crippen LogP contribution in [0.5, 0.6) is 0 Å². The lowest BCUT2D eigenvalue weighted by atomic mass is 10.1. The van der Waals surface area contributed by atoms with Crippen molar-refractivity contribution in [3.63, 3.8) is 0 Å². The van der Waals surface area contributed by atoms with Gasteiger partial charge in [0, 0.05) is 6.04 Å². The van der Waals surface area contributed by atoms with Crippen LogP contribution in [-0.4, -0.2) is 33.4 Å². The van der Waals surface area contributed by atoms with Gasteiger partial charge in [-0.2, -0.15) is 13.2 Å². The maximum Gasteiger partial charge on any atom is 0.433 e. The van der Waals surface area contributed by atoms with Crippen molar-refractivity contribution in [1.82, 2.24) is 4.98 Å². The van der Waals surface area contributed by atoms with Crippen molar-refractivity contribution in [2.24, 2.45) is 0 Å². The van der Waals surface area contributed by atoms with Crippen molar-refractivity contribution in [2.45, 2.75) is 50.1 Å². The van der Waals surface area contributed by atoms with E-state index in [1.54, 1.807) is 0 Å². The van der Waals surface area contributed by atoms with Gasteiger partial charge >= 0.3 is 6.18 Å². The molecule has 1 aliphatic rings. The van der Waals surface area contributed by atoms with E-state index in [2.05, 4.69) is 10.3 Å². The summed E-state index contributed by atoms with van der Waals surface area (Å²) >= 11 is 0. The smallest absolute Gasteiger partial charge is 0.390 e. The Morgan fingerprint density at radius 1 is 1.05 bits per heavy atom. The average molecular weight is 290 g/mol. The SMILES string of the molecule is O[C@@H]1CCC(Nc2ccc(C(F)(F)F)nc2)CC[C@@H]1O. The van der Waals surface area contributed by atoms with Crippen LogP contribution in [0.25, 0.3) is 0 Å². The third kappa shape index (κ3) is 3.83. The topological polar surface area (TPSA) is 65.4 Å². The van der Waals surface area contributed by atoms with E-state index in [-0.39, 0.29) is 6.04 Å². The van der Waals surface area contributed by atoms with E-state index in [1.165, 1.54) is 6.07 Å². The first-order chi connectivity index (χ1) is 9.36. The average Bonchev–Trinajstić information content (AvgIpc) is 2.54. The second-order valence-electron chi connectivity index (χ2n) is 5.06. The number of hydrogen-bond acceptors (Lipinski definition) is 4. The molecule has 0 saturated heterocycles. The van der Waals surface area contributed by atoms with Crippen molar-refractivity contribution in [2.75, 3.05) is 5.32 Å². The summed E-state index contributed by atoms with van der Waals surface area (Å²) in [6, 6.07) is 2.29. The van der Waals surface area contributed by atoms with Gasteiger partial charge in [0.25, 0.3) is 0 Å². The molecule has 0 aromatic carbocycles. The minimum absolute atomic E-state index is 0.0142. The van der Waals surface area contributed by atoms with Crippen LogP contribution < -0.4 is 5.32 Å². The van der Waals surface area contributed by atoms with E-state index in [0.717, 1.165) is 12.3 Å². The first kappa shape index (κ1) is 15.1. The molecule has 20 heavy (non-hydrogen) atoms. The minimum Gasteiger partial charge on any atom is -0.390 e. The summed E-state index contributed by atoms with van der Waals surface area (Å²) in [4.78, 5) is 3.38. The van der Waals surface area contributed by atoms with Gasteiger partial charge < -0.3 is 15.5 Å². The summed E-state index contributed by atoms with van der Waals surface area (Å²) in [7, 11) is 0. The lowest BCUT2D eigenvalue weighted by Crippen LogP contribution is -2.23. The predicted molar refractivity (Wildman–Crippen MR) is 67.1 cm³/mol. The lowest BCUT2D eigenvalue weighted by Gasteiger charge is -2.17. The number of pyridine rings is 1. The highest BCUT2D eigenvalue weighted by Gasteiger charge is 2.32. The molecule has 0 aliphatic heterocycles. The van der Waals surface area contributed by atoms with E-state index in [9.17, 15) is 23.4 Å². The Kier molecular flexibility index (Phi) is 4.49. The zero-order valence-electron chi connectivity index (χ0n) is 10.8. The van der Waals surface area contributed by atoms with E-state index in [0.29, 0.717) is 31.4 Å². The van der Waals surface area contributed by atoms with Gasteiger partial charge in [-0.05, 0) is 37.8 Å². The summed E-state index contributed by atoms with van der Waals surface area (Å²) in [6.07, 6.45) is -2.51. The number of halogens is 3. The number of nitrogens with zero attached hydrogens (tertiary/aromatic N) is 1. The van der Waals surface area contributed by atoms with E-state index in [4.69, 9.17) is 0 Å². The monoisotopic (exact) mass is 290 g/mol. The molecule has 1 fully saturated rings. The fraction of sp³-hybridized carbons (Fsp3) is 0.615. The molecule has 4 nitrogen and oxygen atoms in total. The largest absolute Gasteiger partial charge is 0.433 e. The van der Waals surface area contributed by atoms with Crippen molar-refractivity contribution in [3.05, 3.63) is 24.0 Å². The van der Waals surface area contributed by atoms with Crippen LogP contribution in [-0.2, 0) is 6.18 Å². The second-order valence-corrected chi connectivity index (χ2v) is 5.06. The van der Waals surface area contributed by atoms with E-state index >= 15 is 0 Å². The molecule has 0 spiro atoms. The Labute approximate surface area is 114 Å². The maximum absolute atomic E-state index is 12.4. The Bertz CT molecular complexity index is 424. The molecule has 1 aliphatic carbocycles. The van der Waals surface area contributed by atoms with E-state index < -0.39 is 24.1 Å². The van der Waals surface area contributed by atoms with Crippen LogP contribution in [0.4, 0.5) is 18.9 Å². The Morgan fingerprint density at radius 2 is 1.65 bits per heavy atom.